The molecule has 90 valence electrons. The Kier molecular flexibility index (Phi) is 4.06. The van der Waals surface area contributed by atoms with Gasteiger partial charge in [-0.3, -0.25) is 0 Å². The highest BCUT2D eigenvalue weighted by molar-refractivity contribution is 7.91. The molecule has 1 aromatic carbocycles. The molecule has 0 bridgehead atoms. The van der Waals surface area contributed by atoms with E-state index in [4.69, 9.17) is 0 Å². The molecule has 0 fully saturated rings. The molecule has 1 N–H and O–H groups in total. The maximum atomic E-state index is 11.6. The molecule has 7 heteroatoms. The van der Waals surface area contributed by atoms with Gasteiger partial charge in [0.25, 0.3) is 0 Å². The SMILES string of the molecule is CS(=O)(=O)CCNS(=O)(=O)c1ccccc1. The average Bonchev–Trinajstić information content (AvgIpc) is 2.17. The first-order chi connectivity index (χ1) is 7.31. The number of nitrogens with one attached hydrogen (secondary N) is 1. The van der Waals surface area contributed by atoms with Gasteiger partial charge in [0.15, 0.2) is 0 Å². The Balaban J connectivity index is 2.68. The Morgan fingerprint density at radius 1 is 1.06 bits per heavy atom. The Labute approximate surface area is 95.5 Å². The molecule has 1 aromatic rings. The predicted octanol–water partition coefficient (Wildman–Crippen LogP) is 0.00950. The van der Waals surface area contributed by atoms with Crippen LogP contribution in [0.25, 0.3) is 0 Å². The van der Waals surface area contributed by atoms with Crippen LogP contribution >= 0.6 is 0 Å². The molecule has 1 rings (SSSR count). The lowest BCUT2D eigenvalue weighted by Gasteiger charge is -2.05. The molecule has 0 aliphatic rings. The smallest absolute Gasteiger partial charge is 0.229 e. The van der Waals surface area contributed by atoms with Gasteiger partial charge in [0, 0.05) is 12.8 Å². The minimum absolute atomic E-state index is 0.115. The second-order valence-corrected chi connectivity index (χ2v) is 7.37. The van der Waals surface area contributed by atoms with Crippen LogP contribution in [0.4, 0.5) is 0 Å². The molecule has 16 heavy (non-hydrogen) atoms. The van der Waals surface area contributed by atoms with Gasteiger partial charge < -0.3 is 0 Å². The largest absolute Gasteiger partial charge is 0.240 e. The van der Waals surface area contributed by atoms with Crippen molar-refractivity contribution in [2.45, 2.75) is 4.90 Å². The summed E-state index contributed by atoms with van der Waals surface area (Å²) in [6, 6.07) is 7.80. The quantitative estimate of drug-likeness (QED) is 0.811. The summed E-state index contributed by atoms with van der Waals surface area (Å²) in [5, 5.41) is 0. The summed E-state index contributed by atoms with van der Waals surface area (Å²) in [4.78, 5) is 0.128. The molecular weight excluding hydrogens is 250 g/mol. The summed E-state index contributed by atoms with van der Waals surface area (Å²) in [5.41, 5.74) is 0. The van der Waals surface area contributed by atoms with Gasteiger partial charge in [0.1, 0.15) is 9.84 Å². The summed E-state index contributed by atoms with van der Waals surface area (Å²) >= 11 is 0. The second kappa shape index (κ2) is 4.94. The van der Waals surface area contributed by atoms with Crippen molar-refractivity contribution in [1.82, 2.24) is 4.72 Å². The molecular formula is C9H13NO4S2. The highest BCUT2D eigenvalue weighted by Gasteiger charge is 2.13. The van der Waals surface area contributed by atoms with Crippen molar-refractivity contribution in [3.63, 3.8) is 0 Å². The Morgan fingerprint density at radius 3 is 2.12 bits per heavy atom. The fourth-order valence-corrected chi connectivity index (χ4v) is 2.70. The van der Waals surface area contributed by atoms with Crippen molar-refractivity contribution in [1.29, 1.82) is 0 Å². The highest BCUT2D eigenvalue weighted by atomic mass is 32.2. The van der Waals surface area contributed by atoms with Crippen LogP contribution in [-0.2, 0) is 19.9 Å². The van der Waals surface area contributed by atoms with E-state index in [0.717, 1.165) is 6.26 Å². The van der Waals surface area contributed by atoms with Gasteiger partial charge in [-0.05, 0) is 12.1 Å². The molecule has 0 spiro atoms. The lowest BCUT2D eigenvalue weighted by atomic mass is 10.4. The number of sulfone groups is 1. The lowest BCUT2D eigenvalue weighted by molar-refractivity contribution is 0.582. The molecule has 0 saturated carbocycles. The zero-order chi connectivity index (χ0) is 12.2. The normalized spacial score (nSPS) is 12.6. The summed E-state index contributed by atoms with van der Waals surface area (Å²) in [5.74, 6) is -0.209. The first-order valence-electron chi connectivity index (χ1n) is 4.54. The average molecular weight is 263 g/mol. The van der Waals surface area contributed by atoms with Gasteiger partial charge in [0.2, 0.25) is 10.0 Å². The zero-order valence-electron chi connectivity index (χ0n) is 8.75. The number of benzene rings is 1. The molecule has 5 nitrogen and oxygen atoms in total. The van der Waals surface area contributed by atoms with Gasteiger partial charge >= 0.3 is 0 Å². The van der Waals surface area contributed by atoms with Crippen molar-refractivity contribution < 1.29 is 16.8 Å². The lowest BCUT2D eigenvalue weighted by Crippen LogP contribution is -2.28. The number of sulfonamides is 1. The molecule has 0 aromatic heterocycles. The van der Waals surface area contributed by atoms with Crippen LogP contribution in [0.5, 0.6) is 0 Å². The van der Waals surface area contributed by atoms with Crippen LogP contribution in [0, 0.1) is 0 Å². The monoisotopic (exact) mass is 263 g/mol. The van der Waals surface area contributed by atoms with Crippen molar-refractivity contribution in [2.75, 3.05) is 18.6 Å². The van der Waals surface area contributed by atoms with E-state index < -0.39 is 19.9 Å². The molecule has 0 amide bonds. The molecule has 0 atom stereocenters. The third-order valence-electron chi connectivity index (χ3n) is 1.82. The number of hydrogen-bond donors (Lipinski definition) is 1. The van der Waals surface area contributed by atoms with Crippen LogP contribution in [0.2, 0.25) is 0 Å². The second-order valence-electron chi connectivity index (χ2n) is 3.34. The maximum absolute atomic E-state index is 11.6. The highest BCUT2D eigenvalue weighted by Crippen LogP contribution is 2.06. The molecule has 0 unspecified atom stereocenters. The number of rotatable bonds is 5. The third kappa shape index (κ3) is 4.30. The predicted molar refractivity (Wildman–Crippen MR) is 61.3 cm³/mol. The number of hydrogen-bond acceptors (Lipinski definition) is 4. The van der Waals surface area contributed by atoms with Gasteiger partial charge in [0.05, 0.1) is 10.6 Å². The zero-order valence-corrected chi connectivity index (χ0v) is 10.4. The Hall–Kier alpha value is -0.920. The molecule has 0 aliphatic carbocycles. The molecule has 0 heterocycles. The van der Waals surface area contributed by atoms with E-state index in [2.05, 4.69) is 4.72 Å². The van der Waals surface area contributed by atoms with Crippen LogP contribution < -0.4 is 4.72 Å². The molecule has 0 saturated heterocycles. The van der Waals surface area contributed by atoms with E-state index in [9.17, 15) is 16.8 Å². The van der Waals surface area contributed by atoms with Crippen molar-refractivity contribution in [2.24, 2.45) is 0 Å². The van der Waals surface area contributed by atoms with Gasteiger partial charge in [-0.2, -0.15) is 0 Å². The van der Waals surface area contributed by atoms with E-state index in [-0.39, 0.29) is 17.2 Å². The van der Waals surface area contributed by atoms with E-state index in [1.807, 2.05) is 0 Å². The maximum Gasteiger partial charge on any atom is 0.240 e. The summed E-state index contributed by atoms with van der Waals surface area (Å²) in [6.07, 6.45) is 1.06. The fraction of sp³-hybridized carbons (Fsp3) is 0.333. The topological polar surface area (TPSA) is 80.3 Å². The van der Waals surface area contributed by atoms with E-state index in [1.54, 1.807) is 18.2 Å². The molecule has 0 aliphatic heterocycles. The van der Waals surface area contributed by atoms with Crippen LogP contribution in [0.1, 0.15) is 0 Å². The van der Waals surface area contributed by atoms with E-state index in [0.29, 0.717) is 0 Å². The minimum atomic E-state index is -3.60. The first kappa shape index (κ1) is 13.1. The van der Waals surface area contributed by atoms with Gasteiger partial charge in [-0.25, -0.2) is 21.6 Å². The van der Waals surface area contributed by atoms with Gasteiger partial charge in [-0.15, -0.1) is 0 Å². The van der Waals surface area contributed by atoms with Gasteiger partial charge in [-0.1, -0.05) is 18.2 Å². The fourth-order valence-electron chi connectivity index (χ4n) is 1.04. The molecule has 0 radical (unpaired) electrons. The summed E-state index contributed by atoms with van der Waals surface area (Å²) in [6.45, 7) is -0.115. The summed E-state index contributed by atoms with van der Waals surface area (Å²) in [7, 11) is -6.75. The Morgan fingerprint density at radius 2 is 1.62 bits per heavy atom. The van der Waals surface area contributed by atoms with Crippen LogP contribution in [0.3, 0.4) is 0 Å². The van der Waals surface area contributed by atoms with Crippen molar-refractivity contribution in [3.05, 3.63) is 30.3 Å². The van der Waals surface area contributed by atoms with E-state index in [1.165, 1.54) is 12.1 Å². The standard InChI is InChI=1S/C9H13NO4S2/c1-15(11,12)8-7-10-16(13,14)9-5-3-2-4-6-9/h2-6,10H,7-8H2,1H3. The van der Waals surface area contributed by atoms with Crippen molar-refractivity contribution >= 4 is 19.9 Å². The van der Waals surface area contributed by atoms with Crippen LogP contribution in [-0.4, -0.2) is 35.4 Å². The van der Waals surface area contributed by atoms with Crippen LogP contribution in [0.15, 0.2) is 35.2 Å². The third-order valence-corrected chi connectivity index (χ3v) is 4.24. The Bertz CT molecular complexity index is 534. The van der Waals surface area contributed by atoms with E-state index >= 15 is 0 Å². The first-order valence-corrected chi connectivity index (χ1v) is 8.08. The minimum Gasteiger partial charge on any atom is -0.229 e. The van der Waals surface area contributed by atoms with Crippen molar-refractivity contribution in [3.8, 4) is 0 Å². The summed E-state index contributed by atoms with van der Waals surface area (Å²) < 4.78 is 47.1.